The van der Waals surface area contributed by atoms with Gasteiger partial charge in [-0.25, -0.2) is 4.39 Å². The zero-order valence-corrected chi connectivity index (χ0v) is 10.4. The van der Waals surface area contributed by atoms with Crippen molar-refractivity contribution in [2.24, 2.45) is 0 Å². The third kappa shape index (κ3) is 2.32. The first-order valence-electron chi connectivity index (χ1n) is 5.50. The summed E-state index contributed by atoms with van der Waals surface area (Å²) in [7, 11) is 0. The van der Waals surface area contributed by atoms with Crippen molar-refractivity contribution < 1.29 is 8.91 Å². The lowest BCUT2D eigenvalue weighted by Crippen LogP contribution is -1.93. The van der Waals surface area contributed by atoms with Gasteiger partial charge >= 0.3 is 0 Å². The molecule has 96 valence electrons. The molecule has 4 nitrogen and oxygen atoms in total. The van der Waals surface area contributed by atoms with Crippen LogP contribution in [0.3, 0.4) is 0 Å². The number of aromatic nitrogens is 1. The number of anilines is 3. The van der Waals surface area contributed by atoms with Gasteiger partial charge in [0.1, 0.15) is 5.82 Å². The number of benzene rings is 2. The largest absolute Gasteiger partial charge is 0.399 e. The Morgan fingerprint density at radius 2 is 2.05 bits per heavy atom. The summed E-state index contributed by atoms with van der Waals surface area (Å²) in [4.78, 5) is 0. The number of rotatable bonds is 2. The number of nitrogen functional groups attached to an aromatic ring is 1. The molecule has 0 saturated carbocycles. The number of fused-ring (bicyclic) bond motifs is 1. The molecule has 0 radical (unpaired) electrons. The predicted molar refractivity (Wildman–Crippen MR) is 73.1 cm³/mol. The summed E-state index contributed by atoms with van der Waals surface area (Å²) in [5, 5.41) is 8.09. The van der Waals surface area contributed by atoms with Crippen molar-refractivity contribution in [1.82, 2.24) is 5.16 Å². The van der Waals surface area contributed by atoms with E-state index in [1.54, 1.807) is 24.3 Å². The van der Waals surface area contributed by atoms with Crippen LogP contribution < -0.4 is 11.1 Å². The van der Waals surface area contributed by atoms with Gasteiger partial charge in [0.2, 0.25) is 0 Å². The van der Waals surface area contributed by atoms with Gasteiger partial charge < -0.3 is 15.6 Å². The van der Waals surface area contributed by atoms with Crippen LogP contribution in [0.2, 0.25) is 5.02 Å². The van der Waals surface area contributed by atoms with E-state index >= 15 is 0 Å². The molecule has 0 fully saturated rings. The molecule has 0 bridgehead atoms. The minimum absolute atomic E-state index is 0.373. The van der Waals surface area contributed by atoms with Gasteiger partial charge in [0.25, 0.3) is 0 Å². The fraction of sp³-hybridized carbons (Fsp3) is 0. The van der Waals surface area contributed by atoms with Crippen molar-refractivity contribution in [1.29, 1.82) is 0 Å². The Kier molecular flexibility index (Phi) is 2.76. The summed E-state index contributed by atoms with van der Waals surface area (Å²) >= 11 is 5.92. The Morgan fingerprint density at radius 1 is 1.21 bits per heavy atom. The van der Waals surface area contributed by atoms with Gasteiger partial charge in [-0.15, -0.1) is 0 Å². The second-order valence-electron chi connectivity index (χ2n) is 4.07. The highest BCUT2D eigenvalue weighted by Gasteiger charge is 2.09. The highest BCUT2D eigenvalue weighted by Crippen LogP contribution is 2.28. The molecule has 0 aliphatic rings. The van der Waals surface area contributed by atoms with Crippen LogP contribution in [-0.4, -0.2) is 5.16 Å². The summed E-state index contributed by atoms with van der Waals surface area (Å²) in [5.41, 5.74) is 7.30. The van der Waals surface area contributed by atoms with Crippen LogP contribution in [0.15, 0.2) is 40.9 Å². The van der Waals surface area contributed by atoms with E-state index in [0.717, 1.165) is 0 Å². The SMILES string of the molecule is Nc1cc(Cl)cc(Nc2noc3cc(F)ccc23)c1. The summed E-state index contributed by atoms with van der Waals surface area (Å²) < 4.78 is 18.1. The van der Waals surface area contributed by atoms with Crippen molar-refractivity contribution in [2.45, 2.75) is 0 Å². The van der Waals surface area contributed by atoms with Crippen LogP contribution >= 0.6 is 11.6 Å². The lowest BCUT2D eigenvalue weighted by Gasteiger charge is -2.04. The number of nitrogens with two attached hydrogens (primary N) is 1. The predicted octanol–water partition coefficient (Wildman–Crippen LogP) is 3.95. The molecule has 19 heavy (non-hydrogen) atoms. The Balaban J connectivity index is 2.01. The average Bonchev–Trinajstić information content (AvgIpc) is 2.70. The summed E-state index contributed by atoms with van der Waals surface area (Å²) in [5.74, 6) is 0.110. The maximum Gasteiger partial charge on any atom is 0.181 e. The third-order valence-electron chi connectivity index (χ3n) is 2.62. The fourth-order valence-electron chi connectivity index (χ4n) is 1.82. The van der Waals surface area contributed by atoms with E-state index in [-0.39, 0.29) is 5.82 Å². The van der Waals surface area contributed by atoms with E-state index in [9.17, 15) is 4.39 Å². The Hall–Kier alpha value is -2.27. The number of halogens is 2. The molecule has 0 aliphatic heterocycles. The highest BCUT2D eigenvalue weighted by atomic mass is 35.5. The van der Waals surface area contributed by atoms with E-state index < -0.39 is 0 Å². The first-order valence-corrected chi connectivity index (χ1v) is 5.87. The third-order valence-corrected chi connectivity index (χ3v) is 2.84. The van der Waals surface area contributed by atoms with E-state index in [1.807, 2.05) is 0 Å². The summed E-state index contributed by atoms with van der Waals surface area (Å²) in [6, 6.07) is 9.29. The minimum Gasteiger partial charge on any atom is -0.399 e. The molecule has 6 heteroatoms. The molecule has 2 aromatic carbocycles. The maximum absolute atomic E-state index is 13.0. The molecular formula is C13H9ClFN3O. The van der Waals surface area contributed by atoms with Gasteiger partial charge in [0, 0.05) is 22.5 Å². The molecule has 1 heterocycles. The molecule has 0 aliphatic carbocycles. The van der Waals surface area contributed by atoms with Crippen LogP contribution in [0.1, 0.15) is 0 Å². The Morgan fingerprint density at radius 3 is 2.84 bits per heavy atom. The quantitative estimate of drug-likeness (QED) is 0.696. The Labute approximate surface area is 112 Å². The first kappa shape index (κ1) is 11.8. The summed E-state index contributed by atoms with van der Waals surface area (Å²) in [6.07, 6.45) is 0. The molecule has 0 spiro atoms. The van der Waals surface area contributed by atoms with E-state index in [4.69, 9.17) is 21.9 Å². The van der Waals surface area contributed by atoms with Crippen molar-refractivity contribution in [3.8, 4) is 0 Å². The second kappa shape index (κ2) is 4.44. The zero-order chi connectivity index (χ0) is 13.4. The van der Waals surface area contributed by atoms with Crippen LogP contribution in [0.4, 0.5) is 21.6 Å². The van der Waals surface area contributed by atoms with Crippen molar-refractivity contribution in [3.05, 3.63) is 47.2 Å². The second-order valence-corrected chi connectivity index (χ2v) is 4.51. The zero-order valence-electron chi connectivity index (χ0n) is 9.65. The molecule has 0 atom stereocenters. The van der Waals surface area contributed by atoms with Gasteiger partial charge in [-0.05, 0) is 30.3 Å². The van der Waals surface area contributed by atoms with Crippen molar-refractivity contribution in [2.75, 3.05) is 11.1 Å². The van der Waals surface area contributed by atoms with Crippen LogP contribution in [0.25, 0.3) is 11.0 Å². The van der Waals surface area contributed by atoms with E-state index in [2.05, 4.69) is 10.5 Å². The normalized spacial score (nSPS) is 10.8. The van der Waals surface area contributed by atoms with Crippen LogP contribution in [-0.2, 0) is 0 Å². The lowest BCUT2D eigenvalue weighted by molar-refractivity contribution is 0.458. The molecule has 0 saturated heterocycles. The van der Waals surface area contributed by atoms with Crippen LogP contribution in [0.5, 0.6) is 0 Å². The summed E-state index contributed by atoms with van der Waals surface area (Å²) in [6.45, 7) is 0. The van der Waals surface area contributed by atoms with Crippen LogP contribution in [0, 0.1) is 5.82 Å². The molecule has 0 unspecified atom stereocenters. The smallest absolute Gasteiger partial charge is 0.181 e. The number of hydrogen-bond acceptors (Lipinski definition) is 4. The number of hydrogen-bond donors (Lipinski definition) is 2. The topological polar surface area (TPSA) is 64.1 Å². The maximum atomic E-state index is 13.0. The first-order chi connectivity index (χ1) is 9.11. The number of nitrogens with one attached hydrogen (secondary N) is 1. The minimum atomic E-state index is -0.373. The van der Waals surface area contributed by atoms with Gasteiger partial charge in [-0.1, -0.05) is 16.8 Å². The van der Waals surface area contributed by atoms with Gasteiger partial charge in [0.15, 0.2) is 11.4 Å². The monoisotopic (exact) mass is 277 g/mol. The molecule has 0 amide bonds. The van der Waals surface area contributed by atoms with E-state index in [1.165, 1.54) is 12.1 Å². The molecule has 3 N–H and O–H groups in total. The molecule has 3 aromatic rings. The fourth-order valence-corrected chi connectivity index (χ4v) is 2.07. The van der Waals surface area contributed by atoms with Crippen molar-refractivity contribution in [3.63, 3.8) is 0 Å². The molecule has 3 rings (SSSR count). The van der Waals surface area contributed by atoms with Gasteiger partial charge in [0.05, 0.1) is 5.39 Å². The van der Waals surface area contributed by atoms with Crippen molar-refractivity contribution >= 4 is 39.8 Å². The molecule has 1 aromatic heterocycles. The Bertz CT molecular complexity index is 736. The average molecular weight is 278 g/mol. The lowest BCUT2D eigenvalue weighted by atomic mass is 10.2. The highest BCUT2D eigenvalue weighted by molar-refractivity contribution is 6.31. The standard InChI is InChI=1S/C13H9ClFN3O/c14-7-3-9(16)6-10(4-7)17-13-11-2-1-8(15)5-12(11)19-18-13/h1-6H,16H2,(H,17,18). The van der Waals surface area contributed by atoms with E-state index in [0.29, 0.717) is 33.2 Å². The number of nitrogens with zero attached hydrogens (tertiary/aromatic N) is 1. The van der Waals surface area contributed by atoms with Gasteiger partial charge in [-0.3, -0.25) is 0 Å². The van der Waals surface area contributed by atoms with Gasteiger partial charge in [-0.2, -0.15) is 0 Å². The molecular weight excluding hydrogens is 269 g/mol.